The standard InChI is InChI=1S/C14H7Cl2N3O5/c15-8-2-1-6(3-9(8)16)13-17-14(24-18-13)7-4-10(19(22)23)12(21)11(20)5-7/h1-5,20-21H. The molecule has 0 radical (unpaired) electrons. The van der Waals surface area contributed by atoms with Gasteiger partial charge in [-0.05, 0) is 24.3 Å². The number of nitro groups is 1. The highest BCUT2D eigenvalue weighted by Gasteiger charge is 2.22. The summed E-state index contributed by atoms with van der Waals surface area (Å²) in [7, 11) is 0. The van der Waals surface area contributed by atoms with Gasteiger partial charge in [-0.1, -0.05) is 28.4 Å². The van der Waals surface area contributed by atoms with E-state index in [1.807, 2.05) is 0 Å². The van der Waals surface area contributed by atoms with Gasteiger partial charge in [-0.2, -0.15) is 4.98 Å². The predicted molar refractivity (Wildman–Crippen MR) is 85.2 cm³/mol. The van der Waals surface area contributed by atoms with Gasteiger partial charge < -0.3 is 14.7 Å². The number of nitro benzene ring substituents is 1. The molecule has 3 rings (SSSR count). The number of hydrogen-bond acceptors (Lipinski definition) is 7. The Morgan fingerprint density at radius 3 is 2.50 bits per heavy atom. The predicted octanol–water partition coefficient (Wildman–Crippen LogP) is 4.03. The first-order valence-corrected chi connectivity index (χ1v) is 7.12. The van der Waals surface area contributed by atoms with Crippen LogP contribution in [-0.4, -0.2) is 25.3 Å². The lowest BCUT2D eigenvalue weighted by Crippen LogP contribution is -1.90. The summed E-state index contributed by atoms with van der Waals surface area (Å²) in [6, 6.07) is 6.82. The van der Waals surface area contributed by atoms with E-state index in [4.69, 9.17) is 27.7 Å². The minimum atomic E-state index is -0.840. The molecule has 0 saturated carbocycles. The van der Waals surface area contributed by atoms with Crippen molar-refractivity contribution in [3.63, 3.8) is 0 Å². The van der Waals surface area contributed by atoms with Crippen molar-refractivity contribution >= 4 is 28.9 Å². The minimum Gasteiger partial charge on any atom is -0.504 e. The van der Waals surface area contributed by atoms with Gasteiger partial charge in [-0.15, -0.1) is 0 Å². The Kier molecular flexibility index (Phi) is 4.00. The summed E-state index contributed by atoms with van der Waals surface area (Å²) in [6.45, 7) is 0. The van der Waals surface area contributed by atoms with Crippen LogP contribution in [0.25, 0.3) is 22.8 Å². The molecule has 1 heterocycles. The summed E-state index contributed by atoms with van der Waals surface area (Å²) < 4.78 is 5.05. The van der Waals surface area contributed by atoms with Crippen molar-refractivity contribution in [1.82, 2.24) is 10.1 Å². The van der Waals surface area contributed by atoms with Crippen LogP contribution in [0.2, 0.25) is 10.0 Å². The number of phenols is 2. The molecule has 0 spiro atoms. The normalized spacial score (nSPS) is 10.8. The molecule has 3 aromatic rings. The molecule has 0 amide bonds. The molecule has 0 aliphatic carbocycles. The summed E-state index contributed by atoms with van der Waals surface area (Å²) in [6.07, 6.45) is 0. The zero-order chi connectivity index (χ0) is 17.4. The highest BCUT2D eigenvalue weighted by Crippen LogP contribution is 2.39. The quantitative estimate of drug-likeness (QED) is 0.406. The van der Waals surface area contributed by atoms with Gasteiger partial charge >= 0.3 is 5.69 Å². The van der Waals surface area contributed by atoms with E-state index >= 15 is 0 Å². The molecular weight excluding hydrogens is 361 g/mol. The summed E-state index contributed by atoms with van der Waals surface area (Å²) >= 11 is 11.8. The van der Waals surface area contributed by atoms with Crippen LogP contribution in [0.5, 0.6) is 11.5 Å². The third kappa shape index (κ3) is 2.84. The zero-order valence-electron chi connectivity index (χ0n) is 11.6. The van der Waals surface area contributed by atoms with Gasteiger partial charge in [-0.3, -0.25) is 10.1 Å². The fourth-order valence-corrected chi connectivity index (χ4v) is 2.26. The molecule has 0 fully saturated rings. The molecule has 2 aromatic carbocycles. The van der Waals surface area contributed by atoms with Crippen molar-refractivity contribution in [3.05, 3.63) is 50.5 Å². The number of aromatic hydroxyl groups is 2. The van der Waals surface area contributed by atoms with E-state index in [0.717, 1.165) is 12.1 Å². The second-order valence-electron chi connectivity index (χ2n) is 4.67. The smallest absolute Gasteiger partial charge is 0.315 e. The first kappa shape index (κ1) is 16.0. The third-order valence-electron chi connectivity index (χ3n) is 3.12. The van der Waals surface area contributed by atoms with Crippen molar-refractivity contribution in [2.45, 2.75) is 0 Å². The van der Waals surface area contributed by atoms with Crippen molar-refractivity contribution in [3.8, 4) is 34.3 Å². The summed E-state index contributed by atoms with van der Waals surface area (Å²) in [5, 5.41) is 34.4. The number of halogens is 2. The van der Waals surface area contributed by atoms with Crippen molar-refractivity contribution in [1.29, 1.82) is 0 Å². The molecule has 10 heteroatoms. The maximum atomic E-state index is 10.9. The molecule has 0 aliphatic heterocycles. The maximum absolute atomic E-state index is 10.9. The van der Waals surface area contributed by atoms with E-state index in [1.165, 1.54) is 6.07 Å². The number of hydrogen-bond donors (Lipinski definition) is 2. The van der Waals surface area contributed by atoms with Crippen molar-refractivity contribution in [2.75, 3.05) is 0 Å². The Labute approximate surface area is 144 Å². The Balaban J connectivity index is 2.05. The molecule has 0 saturated heterocycles. The zero-order valence-corrected chi connectivity index (χ0v) is 13.1. The highest BCUT2D eigenvalue weighted by molar-refractivity contribution is 6.42. The van der Waals surface area contributed by atoms with Gasteiger partial charge in [0.2, 0.25) is 11.6 Å². The SMILES string of the molecule is O=[N+]([O-])c1cc(-c2nc(-c3ccc(Cl)c(Cl)c3)no2)cc(O)c1O. The summed E-state index contributed by atoms with van der Waals surface area (Å²) in [5.74, 6) is -1.41. The Hall–Kier alpha value is -2.84. The van der Waals surface area contributed by atoms with E-state index in [2.05, 4.69) is 10.1 Å². The molecule has 2 N–H and O–H groups in total. The van der Waals surface area contributed by atoms with Gasteiger partial charge in [-0.25, -0.2) is 0 Å². The van der Waals surface area contributed by atoms with Crippen molar-refractivity contribution in [2.24, 2.45) is 0 Å². The molecule has 0 atom stereocenters. The second kappa shape index (κ2) is 5.99. The number of nitrogens with zero attached hydrogens (tertiary/aromatic N) is 3. The van der Waals surface area contributed by atoms with Crippen LogP contribution < -0.4 is 0 Å². The van der Waals surface area contributed by atoms with Crippen LogP contribution in [-0.2, 0) is 0 Å². The molecule has 0 unspecified atom stereocenters. The lowest BCUT2D eigenvalue weighted by atomic mass is 10.1. The van der Waals surface area contributed by atoms with Crippen LogP contribution in [0.15, 0.2) is 34.9 Å². The average molecular weight is 368 g/mol. The number of rotatable bonds is 3. The first-order valence-electron chi connectivity index (χ1n) is 6.36. The largest absolute Gasteiger partial charge is 0.504 e. The Morgan fingerprint density at radius 2 is 1.83 bits per heavy atom. The topological polar surface area (TPSA) is 123 Å². The van der Waals surface area contributed by atoms with Crippen LogP contribution in [0.1, 0.15) is 0 Å². The minimum absolute atomic E-state index is 0.0746. The lowest BCUT2D eigenvalue weighted by molar-refractivity contribution is -0.385. The molecule has 0 bridgehead atoms. The molecule has 0 aliphatic rings. The Bertz CT molecular complexity index is 958. The second-order valence-corrected chi connectivity index (χ2v) is 5.49. The molecule has 122 valence electrons. The van der Waals surface area contributed by atoms with Gasteiger partial charge in [0.1, 0.15) is 0 Å². The fraction of sp³-hybridized carbons (Fsp3) is 0. The van der Waals surface area contributed by atoms with Gasteiger partial charge in [0, 0.05) is 11.6 Å². The highest BCUT2D eigenvalue weighted by atomic mass is 35.5. The van der Waals surface area contributed by atoms with Crippen molar-refractivity contribution < 1.29 is 19.7 Å². The number of aromatic nitrogens is 2. The fourth-order valence-electron chi connectivity index (χ4n) is 1.96. The van der Waals surface area contributed by atoms with Crippen LogP contribution in [0.3, 0.4) is 0 Å². The Morgan fingerprint density at radius 1 is 1.08 bits per heavy atom. The van der Waals surface area contributed by atoms with Gasteiger partial charge in [0.15, 0.2) is 5.75 Å². The van der Waals surface area contributed by atoms with E-state index in [0.29, 0.717) is 15.6 Å². The molecule has 8 nitrogen and oxygen atoms in total. The monoisotopic (exact) mass is 367 g/mol. The van der Waals surface area contributed by atoms with Gasteiger partial charge in [0.25, 0.3) is 5.89 Å². The van der Waals surface area contributed by atoms with E-state index < -0.39 is 22.1 Å². The van der Waals surface area contributed by atoms with E-state index in [1.54, 1.807) is 12.1 Å². The van der Waals surface area contributed by atoms with Gasteiger partial charge in [0.05, 0.1) is 20.5 Å². The first-order chi connectivity index (χ1) is 11.4. The number of benzene rings is 2. The summed E-state index contributed by atoms with van der Waals surface area (Å²) in [5.41, 5.74) is -0.0769. The average Bonchev–Trinajstić information content (AvgIpc) is 3.02. The van der Waals surface area contributed by atoms with Crippen LogP contribution in [0.4, 0.5) is 5.69 Å². The molecular formula is C14H7Cl2N3O5. The number of phenolic OH excluding ortho intramolecular Hbond substituents is 2. The lowest BCUT2D eigenvalue weighted by Gasteiger charge is -2.01. The van der Waals surface area contributed by atoms with E-state index in [9.17, 15) is 20.3 Å². The molecule has 24 heavy (non-hydrogen) atoms. The summed E-state index contributed by atoms with van der Waals surface area (Å²) in [4.78, 5) is 14.2. The maximum Gasteiger partial charge on any atom is 0.315 e. The van der Waals surface area contributed by atoms with Crippen LogP contribution >= 0.6 is 23.2 Å². The van der Waals surface area contributed by atoms with E-state index in [-0.39, 0.29) is 17.3 Å². The molecule has 1 aromatic heterocycles. The van der Waals surface area contributed by atoms with Crippen LogP contribution in [0, 0.1) is 10.1 Å². The third-order valence-corrected chi connectivity index (χ3v) is 3.86.